The molecule has 0 bridgehead atoms. The first-order valence-electron chi connectivity index (χ1n) is 7.09. The number of nitrogens with zero attached hydrogens (tertiary/aromatic N) is 3. The van der Waals surface area contributed by atoms with E-state index in [9.17, 15) is 0 Å². The fourth-order valence-electron chi connectivity index (χ4n) is 2.84. The van der Waals surface area contributed by atoms with Crippen molar-refractivity contribution in [3.8, 4) is 0 Å². The summed E-state index contributed by atoms with van der Waals surface area (Å²) in [5.74, 6) is 1.02. The highest BCUT2D eigenvalue weighted by atomic mass is 15.2. The Balaban J connectivity index is 2.18. The number of rotatable bonds is 5. The van der Waals surface area contributed by atoms with Crippen LogP contribution in [0.3, 0.4) is 0 Å². The Bertz CT molecular complexity index is 377. The van der Waals surface area contributed by atoms with Gasteiger partial charge in [0.2, 0.25) is 0 Å². The number of likely N-dealkylation sites (tertiary alicyclic amines) is 1. The van der Waals surface area contributed by atoms with Crippen LogP contribution in [0.1, 0.15) is 51.9 Å². The van der Waals surface area contributed by atoms with Gasteiger partial charge in [0.1, 0.15) is 5.82 Å². The summed E-state index contributed by atoms with van der Waals surface area (Å²) in [4.78, 5) is 6.99. The first kappa shape index (κ1) is 13.6. The number of aryl methyl sites for hydroxylation is 1. The van der Waals surface area contributed by atoms with Crippen LogP contribution in [-0.2, 0) is 6.54 Å². The summed E-state index contributed by atoms with van der Waals surface area (Å²) in [5.41, 5.74) is 6.48. The fourth-order valence-corrected chi connectivity index (χ4v) is 2.84. The molecule has 1 aromatic heterocycles. The lowest BCUT2D eigenvalue weighted by Gasteiger charge is -2.40. The minimum atomic E-state index is -0.0304. The van der Waals surface area contributed by atoms with Gasteiger partial charge in [-0.2, -0.15) is 0 Å². The van der Waals surface area contributed by atoms with Crippen molar-refractivity contribution in [1.82, 2.24) is 14.5 Å². The number of hydrogen-bond donors (Lipinski definition) is 1. The summed E-state index contributed by atoms with van der Waals surface area (Å²) in [5, 5.41) is 0. The standard InChI is InChI=1S/C14H26N4/c1-4-8-17-11-7-16-13(17)12(15)14(2,3)18-9-5-6-10-18/h7,11-12H,4-6,8-10,15H2,1-3H3. The van der Waals surface area contributed by atoms with Crippen LogP contribution >= 0.6 is 0 Å². The van der Waals surface area contributed by atoms with Crippen molar-refractivity contribution in [2.75, 3.05) is 13.1 Å². The molecule has 1 unspecified atom stereocenters. The predicted octanol–water partition coefficient (Wildman–Crippen LogP) is 2.17. The van der Waals surface area contributed by atoms with Gasteiger partial charge in [-0.05, 0) is 46.2 Å². The molecule has 0 spiro atoms. The molecule has 4 heteroatoms. The quantitative estimate of drug-likeness (QED) is 0.871. The highest BCUT2D eigenvalue weighted by Crippen LogP contribution is 2.31. The fraction of sp³-hybridized carbons (Fsp3) is 0.786. The van der Waals surface area contributed by atoms with Crippen molar-refractivity contribution in [2.24, 2.45) is 5.73 Å². The second-order valence-corrected chi connectivity index (χ2v) is 5.80. The molecule has 102 valence electrons. The molecule has 1 saturated heterocycles. The molecule has 1 aliphatic rings. The maximum atomic E-state index is 6.50. The second-order valence-electron chi connectivity index (χ2n) is 5.80. The zero-order valence-electron chi connectivity index (χ0n) is 11.9. The predicted molar refractivity (Wildman–Crippen MR) is 74.3 cm³/mol. The van der Waals surface area contributed by atoms with E-state index in [-0.39, 0.29) is 11.6 Å². The van der Waals surface area contributed by atoms with Crippen LogP contribution in [0.5, 0.6) is 0 Å². The Morgan fingerprint density at radius 2 is 2.06 bits per heavy atom. The van der Waals surface area contributed by atoms with E-state index >= 15 is 0 Å². The van der Waals surface area contributed by atoms with Crippen molar-refractivity contribution < 1.29 is 0 Å². The molecule has 2 heterocycles. The maximum Gasteiger partial charge on any atom is 0.127 e. The smallest absolute Gasteiger partial charge is 0.127 e. The molecule has 4 nitrogen and oxygen atoms in total. The summed E-state index contributed by atoms with van der Waals surface area (Å²) in [7, 11) is 0. The lowest BCUT2D eigenvalue weighted by Crippen LogP contribution is -2.50. The van der Waals surface area contributed by atoms with Crippen molar-refractivity contribution in [1.29, 1.82) is 0 Å². The molecule has 2 rings (SSSR count). The molecule has 0 amide bonds. The van der Waals surface area contributed by atoms with E-state index in [1.807, 2.05) is 12.4 Å². The minimum Gasteiger partial charge on any atom is -0.334 e. The monoisotopic (exact) mass is 250 g/mol. The zero-order valence-corrected chi connectivity index (χ0v) is 11.9. The normalized spacial score (nSPS) is 19.3. The first-order chi connectivity index (χ1) is 8.57. The van der Waals surface area contributed by atoms with Crippen LogP contribution in [0.4, 0.5) is 0 Å². The highest BCUT2D eigenvalue weighted by molar-refractivity contribution is 5.08. The largest absolute Gasteiger partial charge is 0.334 e. The molecule has 1 fully saturated rings. The van der Waals surface area contributed by atoms with Crippen LogP contribution in [0.2, 0.25) is 0 Å². The lowest BCUT2D eigenvalue weighted by molar-refractivity contribution is 0.119. The number of aromatic nitrogens is 2. The Kier molecular flexibility index (Phi) is 4.07. The average molecular weight is 250 g/mol. The maximum absolute atomic E-state index is 6.50. The van der Waals surface area contributed by atoms with Crippen molar-refractivity contribution in [3.05, 3.63) is 18.2 Å². The Morgan fingerprint density at radius 1 is 1.39 bits per heavy atom. The number of nitrogens with two attached hydrogens (primary N) is 1. The highest BCUT2D eigenvalue weighted by Gasteiger charge is 2.37. The van der Waals surface area contributed by atoms with E-state index in [0.29, 0.717) is 0 Å². The molecule has 1 aliphatic heterocycles. The minimum absolute atomic E-state index is 0.0205. The average Bonchev–Trinajstić information content (AvgIpc) is 2.99. The third-order valence-electron chi connectivity index (χ3n) is 4.17. The van der Waals surface area contributed by atoms with Crippen molar-refractivity contribution in [2.45, 2.75) is 58.2 Å². The van der Waals surface area contributed by atoms with Gasteiger partial charge in [0.15, 0.2) is 0 Å². The van der Waals surface area contributed by atoms with Gasteiger partial charge in [-0.15, -0.1) is 0 Å². The third-order valence-corrected chi connectivity index (χ3v) is 4.17. The summed E-state index contributed by atoms with van der Waals surface area (Å²) < 4.78 is 2.20. The van der Waals surface area contributed by atoms with Gasteiger partial charge in [0.05, 0.1) is 6.04 Å². The Hall–Kier alpha value is -0.870. The third kappa shape index (κ3) is 2.45. The van der Waals surface area contributed by atoms with Crippen LogP contribution < -0.4 is 5.73 Å². The van der Waals surface area contributed by atoms with Gasteiger partial charge in [-0.3, -0.25) is 4.90 Å². The van der Waals surface area contributed by atoms with E-state index in [4.69, 9.17) is 5.73 Å². The van der Waals surface area contributed by atoms with Crippen LogP contribution in [0.15, 0.2) is 12.4 Å². The summed E-state index contributed by atoms with van der Waals surface area (Å²) in [6, 6.07) is -0.0304. The van der Waals surface area contributed by atoms with E-state index < -0.39 is 0 Å². The van der Waals surface area contributed by atoms with E-state index in [1.54, 1.807) is 0 Å². The molecule has 0 aliphatic carbocycles. The Labute approximate surface area is 110 Å². The van der Waals surface area contributed by atoms with E-state index in [1.165, 1.54) is 12.8 Å². The topological polar surface area (TPSA) is 47.1 Å². The van der Waals surface area contributed by atoms with Crippen LogP contribution in [-0.4, -0.2) is 33.1 Å². The van der Waals surface area contributed by atoms with Gasteiger partial charge in [-0.25, -0.2) is 4.98 Å². The van der Waals surface area contributed by atoms with E-state index in [0.717, 1.165) is 31.9 Å². The summed E-state index contributed by atoms with van der Waals surface area (Å²) in [6.07, 6.45) is 7.60. The molecule has 0 radical (unpaired) electrons. The van der Waals surface area contributed by atoms with E-state index in [2.05, 4.69) is 35.2 Å². The summed E-state index contributed by atoms with van der Waals surface area (Å²) >= 11 is 0. The molecular weight excluding hydrogens is 224 g/mol. The van der Waals surface area contributed by atoms with Crippen LogP contribution in [0.25, 0.3) is 0 Å². The molecule has 0 saturated carbocycles. The van der Waals surface area contributed by atoms with Crippen molar-refractivity contribution >= 4 is 0 Å². The van der Waals surface area contributed by atoms with Crippen LogP contribution in [0, 0.1) is 0 Å². The molecule has 2 N–H and O–H groups in total. The van der Waals surface area contributed by atoms with Crippen molar-refractivity contribution in [3.63, 3.8) is 0 Å². The summed E-state index contributed by atoms with van der Waals surface area (Å²) in [6.45, 7) is 9.99. The molecule has 0 aromatic carbocycles. The van der Waals surface area contributed by atoms with Gasteiger partial charge in [0.25, 0.3) is 0 Å². The van der Waals surface area contributed by atoms with Gasteiger partial charge >= 0.3 is 0 Å². The zero-order chi connectivity index (χ0) is 13.2. The second kappa shape index (κ2) is 5.41. The SMILES string of the molecule is CCCn1ccnc1C(N)C(C)(C)N1CCCC1. The van der Waals surface area contributed by atoms with Gasteiger partial charge < -0.3 is 10.3 Å². The number of imidazole rings is 1. The molecule has 18 heavy (non-hydrogen) atoms. The van der Waals surface area contributed by atoms with Gasteiger partial charge in [-0.1, -0.05) is 6.92 Å². The Morgan fingerprint density at radius 3 is 2.67 bits per heavy atom. The first-order valence-corrected chi connectivity index (χ1v) is 7.09. The number of hydrogen-bond acceptors (Lipinski definition) is 3. The molecular formula is C14H26N4. The van der Waals surface area contributed by atoms with Gasteiger partial charge in [0, 0.05) is 24.5 Å². The molecule has 1 aromatic rings. The molecule has 1 atom stereocenters. The lowest BCUT2D eigenvalue weighted by atomic mass is 9.92.